The fourth-order valence-corrected chi connectivity index (χ4v) is 0.985. The number of aliphatic hydroxyl groups excluding tert-OH is 1. The van der Waals surface area contributed by atoms with Crippen LogP contribution in [0.3, 0.4) is 0 Å². The molecule has 0 aliphatic rings. The fraction of sp³-hybridized carbons (Fsp3) is 1.00. The highest BCUT2D eigenvalue weighted by Gasteiger charge is 1.97. The van der Waals surface area contributed by atoms with Crippen LogP contribution in [0.5, 0.6) is 0 Å². The van der Waals surface area contributed by atoms with Crippen LogP contribution in [0.2, 0.25) is 0 Å². The molecule has 0 saturated heterocycles. The number of unbranched alkanes of at least 4 members (excludes halogenated alkanes) is 2. The molecule has 0 radical (unpaired) electrons. The molecule has 0 aromatic carbocycles. The third-order valence-electron chi connectivity index (χ3n) is 1.83. The van der Waals surface area contributed by atoms with Crippen molar-refractivity contribution in [1.82, 2.24) is 4.90 Å². The fourth-order valence-electron chi connectivity index (χ4n) is 0.985. The van der Waals surface area contributed by atoms with E-state index in [1.165, 1.54) is 6.42 Å². The Kier molecular flexibility index (Phi) is 7.89. The van der Waals surface area contributed by atoms with Gasteiger partial charge in [-0.3, -0.25) is 4.90 Å². The normalized spacial score (nSPS) is 10.9. The first-order valence-corrected chi connectivity index (χ1v) is 4.38. The van der Waals surface area contributed by atoms with Gasteiger partial charge < -0.3 is 10.8 Å². The maximum Gasteiger partial charge on any atom is 0.0956 e. The zero-order valence-corrected chi connectivity index (χ0v) is 7.42. The molecule has 11 heavy (non-hydrogen) atoms. The molecule has 3 nitrogen and oxygen atoms in total. The lowest BCUT2D eigenvalue weighted by Crippen LogP contribution is -2.25. The van der Waals surface area contributed by atoms with Gasteiger partial charge in [0.2, 0.25) is 0 Å². The average Bonchev–Trinajstić information content (AvgIpc) is 2.05. The molecule has 0 atom stereocenters. The van der Waals surface area contributed by atoms with Crippen LogP contribution >= 0.6 is 0 Å². The first-order valence-electron chi connectivity index (χ1n) is 4.38. The lowest BCUT2D eigenvalue weighted by molar-refractivity contribution is 0.111. The summed E-state index contributed by atoms with van der Waals surface area (Å²) >= 11 is 0. The summed E-state index contributed by atoms with van der Waals surface area (Å²) in [7, 11) is 0. The summed E-state index contributed by atoms with van der Waals surface area (Å²) in [4.78, 5) is 2.01. The van der Waals surface area contributed by atoms with Crippen molar-refractivity contribution in [3.8, 4) is 0 Å². The molecule has 0 unspecified atom stereocenters. The Morgan fingerprint density at radius 1 is 1.27 bits per heavy atom. The quantitative estimate of drug-likeness (QED) is 0.418. The van der Waals surface area contributed by atoms with Crippen LogP contribution in [0.15, 0.2) is 0 Å². The zero-order chi connectivity index (χ0) is 8.53. The van der Waals surface area contributed by atoms with Gasteiger partial charge in [0, 0.05) is 6.54 Å². The summed E-state index contributed by atoms with van der Waals surface area (Å²) in [5.41, 5.74) is 5.35. The smallest absolute Gasteiger partial charge is 0.0956 e. The van der Waals surface area contributed by atoms with E-state index < -0.39 is 0 Å². The molecular weight excluding hydrogens is 140 g/mol. The summed E-state index contributed by atoms with van der Waals surface area (Å²) in [6.45, 7) is 4.94. The van der Waals surface area contributed by atoms with Gasteiger partial charge in [0.1, 0.15) is 0 Å². The lowest BCUT2D eigenvalue weighted by atomic mass is 10.2. The Hall–Kier alpha value is -0.120. The van der Waals surface area contributed by atoms with Crippen LogP contribution in [-0.4, -0.2) is 36.4 Å². The summed E-state index contributed by atoms with van der Waals surface area (Å²) in [5, 5.41) is 8.78. The molecule has 0 aromatic rings. The Morgan fingerprint density at radius 3 is 2.45 bits per heavy atom. The van der Waals surface area contributed by atoms with Gasteiger partial charge in [-0.15, -0.1) is 0 Å². The average molecular weight is 160 g/mol. The molecule has 0 aromatic heterocycles. The second-order valence-electron chi connectivity index (χ2n) is 2.70. The van der Waals surface area contributed by atoms with Crippen molar-refractivity contribution in [2.75, 3.05) is 26.4 Å². The highest BCUT2D eigenvalue weighted by molar-refractivity contribution is 4.50. The molecule has 0 heterocycles. The number of nitrogens with zero attached hydrogens (tertiary/aromatic N) is 1. The van der Waals surface area contributed by atoms with Gasteiger partial charge in [-0.1, -0.05) is 13.3 Å². The van der Waals surface area contributed by atoms with Gasteiger partial charge in [-0.25, -0.2) is 0 Å². The minimum atomic E-state index is 0.180. The SMILES string of the molecule is CCN(CO)CCCCCN. The van der Waals surface area contributed by atoms with Gasteiger partial charge in [-0.05, 0) is 25.9 Å². The second kappa shape index (κ2) is 7.98. The Morgan fingerprint density at radius 2 is 2.00 bits per heavy atom. The van der Waals surface area contributed by atoms with Crippen LogP contribution in [0.25, 0.3) is 0 Å². The van der Waals surface area contributed by atoms with E-state index in [1.54, 1.807) is 0 Å². The molecule has 0 amide bonds. The van der Waals surface area contributed by atoms with E-state index in [-0.39, 0.29) is 6.73 Å². The van der Waals surface area contributed by atoms with Crippen LogP contribution in [0.4, 0.5) is 0 Å². The molecular formula is C8H20N2O. The summed E-state index contributed by atoms with van der Waals surface area (Å²) < 4.78 is 0. The molecule has 3 N–H and O–H groups in total. The number of aliphatic hydroxyl groups is 1. The Balaban J connectivity index is 3.07. The molecule has 0 rings (SSSR count). The number of nitrogens with two attached hydrogens (primary N) is 1. The topological polar surface area (TPSA) is 49.5 Å². The van der Waals surface area contributed by atoms with Crippen molar-refractivity contribution < 1.29 is 5.11 Å². The van der Waals surface area contributed by atoms with E-state index in [2.05, 4.69) is 6.92 Å². The lowest BCUT2D eigenvalue weighted by Gasteiger charge is -2.16. The maximum absolute atomic E-state index is 8.78. The minimum absolute atomic E-state index is 0.180. The van der Waals surface area contributed by atoms with Crippen molar-refractivity contribution in [1.29, 1.82) is 0 Å². The number of hydrogen-bond donors (Lipinski definition) is 2. The van der Waals surface area contributed by atoms with E-state index in [4.69, 9.17) is 10.8 Å². The maximum atomic E-state index is 8.78. The van der Waals surface area contributed by atoms with Gasteiger partial charge in [-0.2, -0.15) is 0 Å². The van der Waals surface area contributed by atoms with Crippen molar-refractivity contribution >= 4 is 0 Å². The highest BCUT2D eigenvalue weighted by Crippen LogP contribution is 1.96. The van der Waals surface area contributed by atoms with Gasteiger partial charge >= 0.3 is 0 Å². The molecule has 0 saturated carbocycles. The first kappa shape index (κ1) is 10.9. The largest absolute Gasteiger partial charge is 0.381 e. The van der Waals surface area contributed by atoms with Crippen LogP contribution in [-0.2, 0) is 0 Å². The molecule has 0 aliphatic carbocycles. The van der Waals surface area contributed by atoms with E-state index in [0.29, 0.717) is 0 Å². The van der Waals surface area contributed by atoms with E-state index in [9.17, 15) is 0 Å². The third-order valence-corrected chi connectivity index (χ3v) is 1.83. The molecule has 0 aliphatic heterocycles. The molecule has 3 heteroatoms. The predicted octanol–water partition coefficient (Wildman–Crippen LogP) is 0.387. The van der Waals surface area contributed by atoms with E-state index in [1.807, 2.05) is 4.90 Å². The molecule has 0 fully saturated rings. The minimum Gasteiger partial charge on any atom is -0.381 e. The van der Waals surface area contributed by atoms with Crippen LogP contribution in [0.1, 0.15) is 26.2 Å². The summed E-state index contributed by atoms with van der Waals surface area (Å²) in [6.07, 6.45) is 3.42. The van der Waals surface area contributed by atoms with Gasteiger partial charge in [0.05, 0.1) is 6.73 Å². The van der Waals surface area contributed by atoms with Crippen LogP contribution in [0, 0.1) is 0 Å². The number of rotatable bonds is 7. The summed E-state index contributed by atoms with van der Waals surface area (Å²) in [6, 6.07) is 0. The second-order valence-corrected chi connectivity index (χ2v) is 2.70. The van der Waals surface area contributed by atoms with Crippen molar-refractivity contribution in [2.24, 2.45) is 5.73 Å². The molecule has 0 bridgehead atoms. The summed E-state index contributed by atoms with van der Waals surface area (Å²) in [5.74, 6) is 0. The first-order chi connectivity index (χ1) is 5.35. The predicted molar refractivity (Wildman–Crippen MR) is 47.2 cm³/mol. The number of hydrogen-bond acceptors (Lipinski definition) is 3. The third kappa shape index (κ3) is 6.28. The van der Waals surface area contributed by atoms with Crippen molar-refractivity contribution in [3.05, 3.63) is 0 Å². The van der Waals surface area contributed by atoms with Gasteiger partial charge in [0.25, 0.3) is 0 Å². The molecule has 0 spiro atoms. The molecule has 68 valence electrons. The van der Waals surface area contributed by atoms with Crippen molar-refractivity contribution in [2.45, 2.75) is 26.2 Å². The highest BCUT2D eigenvalue weighted by atomic mass is 16.3. The van der Waals surface area contributed by atoms with Crippen LogP contribution < -0.4 is 5.73 Å². The monoisotopic (exact) mass is 160 g/mol. The standard InChI is InChI=1S/C8H20N2O/c1-2-10(8-11)7-5-3-4-6-9/h11H,2-9H2,1H3. The van der Waals surface area contributed by atoms with E-state index >= 15 is 0 Å². The van der Waals surface area contributed by atoms with Crippen molar-refractivity contribution in [3.63, 3.8) is 0 Å². The Labute approximate surface area is 69.2 Å². The van der Waals surface area contributed by atoms with Gasteiger partial charge in [0.15, 0.2) is 0 Å². The Bertz CT molecular complexity index is 74.5. The zero-order valence-electron chi connectivity index (χ0n) is 7.42. The van der Waals surface area contributed by atoms with E-state index in [0.717, 1.165) is 32.5 Å².